The van der Waals surface area contributed by atoms with E-state index in [0.29, 0.717) is 12.1 Å². The smallest absolute Gasteiger partial charge is 0.473 e. The molecule has 0 heterocycles. The molecule has 0 aromatic heterocycles. The summed E-state index contributed by atoms with van der Waals surface area (Å²) in [6.45, 7) is 0. The second kappa shape index (κ2) is 6.59. The maximum absolute atomic E-state index is 12.4. The Morgan fingerprint density at radius 1 is 1.05 bits per heavy atom. The summed E-state index contributed by atoms with van der Waals surface area (Å²) in [5.41, 5.74) is -2.16. The molecular formula is C9H4BrCl2F6N2O-. The van der Waals surface area contributed by atoms with Crippen LogP contribution in [0.4, 0.5) is 32.0 Å². The number of hydrogen-bond donors (Lipinski definition) is 1. The minimum atomic E-state index is -5.33. The number of carbonyl (C=O) groups excluding carboxylic acids is 1. The number of hydrazine groups is 1. The van der Waals surface area contributed by atoms with Crippen molar-refractivity contribution in [1.29, 1.82) is 0 Å². The predicted molar refractivity (Wildman–Crippen MR) is 59.2 cm³/mol. The first-order valence-electron chi connectivity index (χ1n) is 4.58. The molecule has 3 nitrogen and oxygen atoms in total. The van der Waals surface area contributed by atoms with Crippen molar-refractivity contribution in [1.82, 2.24) is 0 Å². The number of carbonyl (C=O) groups is 1. The lowest BCUT2D eigenvalue weighted by molar-refractivity contribution is -0.170. The molecule has 0 saturated heterocycles. The van der Waals surface area contributed by atoms with Gasteiger partial charge in [0.05, 0.1) is 21.3 Å². The summed E-state index contributed by atoms with van der Waals surface area (Å²) in [5, 5.41) is -2.14. The highest BCUT2D eigenvalue weighted by atomic mass is 79.9. The number of halogens is 9. The molecule has 0 atom stereocenters. The van der Waals surface area contributed by atoms with Gasteiger partial charge in [-0.05, 0) is 12.1 Å². The molecule has 1 rings (SSSR count). The van der Waals surface area contributed by atoms with E-state index < -0.39 is 44.6 Å². The fraction of sp³-hybridized carbons (Fsp3) is 0.222. The number of rotatable bonds is 1. The molecule has 0 saturated carbocycles. The zero-order valence-electron chi connectivity index (χ0n) is 9.49. The fourth-order valence-corrected chi connectivity index (χ4v) is 1.87. The lowest BCUT2D eigenvalue weighted by Crippen LogP contribution is -3.00. The summed E-state index contributed by atoms with van der Waals surface area (Å²) in [6.07, 6.45) is -10.1. The molecule has 1 aromatic carbocycles. The van der Waals surface area contributed by atoms with Crippen LogP contribution in [-0.2, 0) is 11.0 Å². The molecule has 2 N–H and O–H groups in total. The standard InChI is InChI=1S/C9H4Cl2F6N2O.BrH/c10-4-1-3(8(12,13)14)2-5(11)6(4)19(18)7(20)9(15,16)17;/h1-2H,18H2;1H/p-1. The van der Waals surface area contributed by atoms with Crippen molar-refractivity contribution in [3.8, 4) is 0 Å². The van der Waals surface area contributed by atoms with Crippen LogP contribution in [0.3, 0.4) is 0 Å². The Morgan fingerprint density at radius 2 is 1.43 bits per heavy atom. The van der Waals surface area contributed by atoms with Crippen LogP contribution in [0, 0.1) is 0 Å². The lowest BCUT2D eigenvalue weighted by Gasteiger charge is -2.21. The van der Waals surface area contributed by atoms with Gasteiger partial charge >= 0.3 is 18.3 Å². The normalized spacial score (nSPS) is 11.9. The van der Waals surface area contributed by atoms with Crippen LogP contribution in [0.2, 0.25) is 10.0 Å². The van der Waals surface area contributed by atoms with E-state index in [1.807, 2.05) is 0 Å². The number of amides is 1. The third-order valence-corrected chi connectivity index (χ3v) is 2.62. The molecule has 0 radical (unpaired) electrons. The molecule has 1 amide bonds. The van der Waals surface area contributed by atoms with Crippen LogP contribution < -0.4 is 27.8 Å². The number of alkyl halides is 6. The summed E-state index contributed by atoms with van der Waals surface area (Å²) < 4.78 is 73.8. The van der Waals surface area contributed by atoms with Crippen LogP contribution in [0.15, 0.2) is 12.1 Å². The van der Waals surface area contributed by atoms with Gasteiger partial charge in [-0.1, -0.05) is 23.2 Å². The van der Waals surface area contributed by atoms with Crippen molar-refractivity contribution >= 4 is 34.8 Å². The fourth-order valence-electron chi connectivity index (χ4n) is 1.20. The van der Waals surface area contributed by atoms with Gasteiger partial charge in [0.2, 0.25) is 0 Å². The van der Waals surface area contributed by atoms with Gasteiger partial charge in [-0.2, -0.15) is 26.3 Å². The van der Waals surface area contributed by atoms with Crippen LogP contribution in [0.25, 0.3) is 0 Å². The molecule has 1 aromatic rings. The van der Waals surface area contributed by atoms with Crippen molar-refractivity contribution in [2.45, 2.75) is 12.4 Å². The molecule has 120 valence electrons. The van der Waals surface area contributed by atoms with E-state index in [1.54, 1.807) is 0 Å². The highest BCUT2D eigenvalue weighted by Crippen LogP contribution is 2.40. The number of nitrogens with zero attached hydrogens (tertiary/aromatic N) is 1. The second-order valence-electron chi connectivity index (χ2n) is 3.46. The van der Waals surface area contributed by atoms with Gasteiger partial charge in [-0.15, -0.1) is 0 Å². The summed E-state index contributed by atoms with van der Waals surface area (Å²) in [5.74, 6) is 2.37. The molecule has 0 unspecified atom stereocenters. The number of hydrogen-bond acceptors (Lipinski definition) is 2. The van der Waals surface area contributed by atoms with Gasteiger partial charge in [-0.3, -0.25) is 4.79 Å². The maximum Gasteiger partial charge on any atom is 0.473 e. The molecular weight excluding hydrogens is 417 g/mol. The van der Waals surface area contributed by atoms with E-state index >= 15 is 0 Å². The van der Waals surface area contributed by atoms with Crippen LogP contribution in [0.5, 0.6) is 0 Å². The quantitative estimate of drug-likeness (QED) is 0.316. The molecule has 0 aliphatic rings. The first-order valence-corrected chi connectivity index (χ1v) is 5.33. The minimum Gasteiger partial charge on any atom is -1.00 e. The zero-order chi connectivity index (χ0) is 15.9. The van der Waals surface area contributed by atoms with E-state index in [0.717, 1.165) is 0 Å². The highest BCUT2D eigenvalue weighted by molar-refractivity contribution is 6.40. The molecule has 0 spiro atoms. The lowest BCUT2D eigenvalue weighted by atomic mass is 10.2. The summed E-state index contributed by atoms with van der Waals surface area (Å²) >= 11 is 10.8. The average molecular weight is 421 g/mol. The van der Waals surface area contributed by atoms with Gasteiger partial charge in [0.25, 0.3) is 0 Å². The van der Waals surface area contributed by atoms with E-state index in [9.17, 15) is 31.1 Å². The minimum absolute atomic E-state index is 0. The molecule has 12 heteroatoms. The third kappa shape index (κ3) is 4.63. The van der Waals surface area contributed by atoms with Crippen LogP contribution in [0.1, 0.15) is 5.56 Å². The van der Waals surface area contributed by atoms with Crippen molar-refractivity contribution in [3.05, 3.63) is 27.7 Å². The van der Waals surface area contributed by atoms with Crippen LogP contribution in [-0.4, -0.2) is 12.1 Å². The predicted octanol–water partition coefficient (Wildman–Crippen LogP) is 0.785. The first-order chi connectivity index (χ1) is 8.85. The first kappa shape index (κ1) is 20.3. The zero-order valence-corrected chi connectivity index (χ0v) is 12.6. The Bertz CT molecular complexity index is 525. The molecule has 0 bridgehead atoms. The topological polar surface area (TPSA) is 46.3 Å². The van der Waals surface area contributed by atoms with E-state index in [-0.39, 0.29) is 17.0 Å². The summed E-state index contributed by atoms with van der Waals surface area (Å²) in [7, 11) is 0. The average Bonchev–Trinajstić information content (AvgIpc) is 2.24. The number of anilines is 1. The Labute approximate surface area is 134 Å². The van der Waals surface area contributed by atoms with Gasteiger partial charge in [0.1, 0.15) is 0 Å². The van der Waals surface area contributed by atoms with Gasteiger partial charge in [0.15, 0.2) is 0 Å². The Hall–Kier alpha value is -0.710. The summed E-state index contributed by atoms with van der Waals surface area (Å²) in [4.78, 5) is 10.9. The Kier molecular flexibility index (Phi) is 6.37. The SMILES string of the molecule is NN(C(=O)C(F)(F)F)c1c(Cl)cc(C(F)(F)F)cc1Cl.[Br-]. The van der Waals surface area contributed by atoms with Crippen molar-refractivity contribution in [3.63, 3.8) is 0 Å². The second-order valence-corrected chi connectivity index (χ2v) is 4.27. The largest absolute Gasteiger partial charge is 1.00 e. The highest BCUT2D eigenvalue weighted by Gasteiger charge is 2.43. The van der Waals surface area contributed by atoms with Crippen molar-refractivity contribution in [2.24, 2.45) is 5.84 Å². The maximum atomic E-state index is 12.4. The third-order valence-electron chi connectivity index (χ3n) is 2.05. The Morgan fingerprint density at radius 3 is 1.71 bits per heavy atom. The van der Waals surface area contributed by atoms with Gasteiger partial charge < -0.3 is 17.0 Å². The van der Waals surface area contributed by atoms with Gasteiger partial charge in [-0.25, -0.2) is 10.9 Å². The molecule has 0 aliphatic carbocycles. The van der Waals surface area contributed by atoms with Gasteiger partial charge in [0, 0.05) is 0 Å². The Balaban J connectivity index is 0.00000400. The molecule has 0 fully saturated rings. The molecule has 21 heavy (non-hydrogen) atoms. The number of benzene rings is 1. The van der Waals surface area contributed by atoms with E-state index in [4.69, 9.17) is 29.0 Å². The van der Waals surface area contributed by atoms with Crippen molar-refractivity contribution in [2.75, 3.05) is 5.01 Å². The van der Waals surface area contributed by atoms with E-state index in [1.165, 1.54) is 0 Å². The number of nitrogens with two attached hydrogens (primary N) is 1. The van der Waals surface area contributed by atoms with Crippen LogP contribution >= 0.6 is 23.2 Å². The van der Waals surface area contributed by atoms with Crippen molar-refractivity contribution < 1.29 is 48.1 Å². The summed E-state index contributed by atoms with van der Waals surface area (Å²) in [6, 6.07) is 0.624. The molecule has 0 aliphatic heterocycles. The monoisotopic (exact) mass is 419 g/mol. The van der Waals surface area contributed by atoms with E-state index in [2.05, 4.69) is 0 Å².